The van der Waals surface area contributed by atoms with Crippen molar-refractivity contribution >= 4 is 11.7 Å². The molecule has 0 bridgehead atoms. The van der Waals surface area contributed by atoms with Crippen molar-refractivity contribution in [2.45, 2.75) is 32.7 Å². The van der Waals surface area contributed by atoms with E-state index in [2.05, 4.69) is 25.4 Å². The van der Waals surface area contributed by atoms with E-state index in [4.69, 9.17) is 9.47 Å². The number of benzene rings is 1. The Kier molecular flexibility index (Phi) is 5.48. The molecule has 0 N–H and O–H groups in total. The van der Waals surface area contributed by atoms with E-state index >= 15 is 0 Å². The fourth-order valence-electron chi connectivity index (χ4n) is 3.39. The molecule has 1 aromatic carbocycles. The highest BCUT2D eigenvalue weighted by Gasteiger charge is 2.23. The number of rotatable bonds is 5. The lowest BCUT2D eigenvalue weighted by atomic mass is 10.2. The first kappa shape index (κ1) is 19.0. The second-order valence-corrected chi connectivity index (χ2v) is 6.98. The average Bonchev–Trinajstić information content (AvgIpc) is 3.21. The van der Waals surface area contributed by atoms with Crippen LogP contribution in [0.2, 0.25) is 0 Å². The van der Waals surface area contributed by atoms with E-state index in [1.54, 1.807) is 12.3 Å². The number of morpholine rings is 1. The van der Waals surface area contributed by atoms with E-state index in [1.807, 2.05) is 50.2 Å². The summed E-state index contributed by atoms with van der Waals surface area (Å²) in [6, 6.07) is 13.0. The lowest BCUT2D eigenvalue weighted by Crippen LogP contribution is -2.45. The number of pyridine rings is 1. The minimum Gasteiger partial charge on any atom is -0.453 e. The first-order valence-electron chi connectivity index (χ1n) is 9.46. The molecule has 150 valence electrons. The minimum absolute atomic E-state index is 0.0573. The number of para-hydroxylation sites is 1. The van der Waals surface area contributed by atoms with Gasteiger partial charge in [-0.25, -0.2) is 9.78 Å². The largest absolute Gasteiger partial charge is 0.453 e. The summed E-state index contributed by atoms with van der Waals surface area (Å²) in [7, 11) is 0. The number of carbonyl (C=O) groups is 1. The molecule has 1 aliphatic heterocycles. The molecule has 3 heterocycles. The van der Waals surface area contributed by atoms with Gasteiger partial charge in [0.15, 0.2) is 12.4 Å². The molecule has 1 fully saturated rings. The van der Waals surface area contributed by atoms with Gasteiger partial charge in [0.2, 0.25) is 0 Å². The van der Waals surface area contributed by atoms with Crippen LogP contribution in [0.1, 0.15) is 30.2 Å². The third kappa shape index (κ3) is 4.40. The van der Waals surface area contributed by atoms with E-state index in [0.717, 1.165) is 24.5 Å². The van der Waals surface area contributed by atoms with Crippen molar-refractivity contribution in [1.82, 2.24) is 25.2 Å². The Morgan fingerprint density at radius 1 is 1.14 bits per heavy atom. The average molecular weight is 394 g/mol. The summed E-state index contributed by atoms with van der Waals surface area (Å²) in [5.41, 5.74) is 1.95. The zero-order valence-corrected chi connectivity index (χ0v) is 16.3. The highest BCUT2D eigenvalue weighted by molar-refractivity contribution is 5.88. The van der Waals surface area contributed by atoms with Gasteiger partial charge in [0.25, 0.3) is 0 Å². The predicted octanol–water partition coefficient (Wildman–Crippen LogP) is 2.03. The molecule has 2 atom stereocenters. The fourth-order valence-corrected chi connectivity index (χ4v) is 3.39. The van der Waals surface area contributed by atoms with Crippen LogP contribution in [0.25, 0.3) is 5.69 Å². The summed E-state index contributed by atoms with van der Waals surface area (Å²) in [6.45, 7) is 5.54. The number of carbonyl (C=O) groups excluding carboxylic acids is 1. The van der Waals surface area contributed by atoms with Crippen LogP contribution in [-0.2, 0) is 16.1 Å². The summed E-state index contributed by atoms with van der Waals surface area (Å²) >= 11 is 0. The van der Waals surface area contributed by atoms with Crippen LogP contribution in [0.5, 0.6) is 0 Å². The fraction of sp³-hybridized carbons (Fsp3) is 0.350. The van der Waals surface area contributed by atoms with Gasteiger partial charge in [0, 0.05) is 25.0 Å². The second-order valence-electron chi connectivity index (χ2n) is 6.98. The molecule has 0 spiro atoms. The Hall–Kier alpha value is -3.33. The molecule has 2 aromatic heterocycles. The van der Waals surface area contributed by atoms with E-state index in [0.29, 0.717) is 5.82 Å². The number of tetrazole rings is 1. The topological polar surface area (TPSA) is 95.3 Å². The smallest absolute Gasteiger partial charge is 0.357 e. The number of aromatic nitrogens is 5. The maximum Gasteiger partial charge on any atom is 0.357 e. The molecule has 0 aliphatic carbocycles. The van der Waals surface area contributed by atoms with Gasteiger partial charge >= 0.3 is 5.97 Å². The van der Waals surface area contributed by atoms with Crippen molar-refractivity contribution in [3.05, 3.63) is 60.2 Å². The Morgan fingerprint density at radius 2 is 1.90 bits per heavy atom. The van der Waals surface area contributed by atoms with Crippen LogP contribution in [0.15, 0.2) is 48.7 Å². The lowest BCUT2D eigenvalue weighted by Gasteiger charge is -2.36. The molecule has 29 heavy (non-hydrogen) atoms. The van der Waals surface area contributed by atoms with Crippen LogP contribution < -0.4 is 4.90 Å². The van der Waals surface area contributed by atoms with Crippen LogP contribution in [0, 0.1) is 0 Å². The van der Waals surface area contributed by atoms with Crippen molar-refractivity contribution in [3.63, 3.8) is 0 Å². The monoisotopic (exact) mass is 394 g/mol. The zero-order valence-electron chi connectivity index (χ0n) is 16.3. The predicted molar refractivity (Wildman–Crippen MR) is 105 cm³/mol. The van der Waals surface area contributed by atoms with Gasteiger partial charge in [0.1, 0.15) is 5.69 Å². The first-order chi connectivity index (χ1) is 14.1. The van der Waals surface area contributed by atoms with Crippen molar-refractivity contribution in [2.24, 2.45) is 0 Å². The quantitative estimate of drug-likeness (QED) is 0.607. The molecule has 9 nitrogen and oxygen atoms in total. The normalized spacial score (nSPS) is 19.2. The van der Waals surface area contributed by atoms with Gasteiger partial charge in [0.05, 0.1) is 17.9 Å². The van der Waals surface area contributed by atoms with Gasteiger partial charge in [-0.15, -0.1) is 5.10 Å². The molecule has 9 heteroatoms. The molecule has 0 saturated carbocycles. The van der Waals surface area contributed by atoms with Crippen LogP contribution in [-0.4, -0.2) is 56.5 Å². The van der Waals surface area contributed by atoms with Crippen LogP contribution >= 0.6 is 0 Å². The van der Waals surface area contributed by atoms with Crippen LogP contribution in [0.4, 0.5) is 5.69 Å². The lowest BCUT2D eigenvalue weighted by molar-refractivity contribution is -0.00522. The van der Waals surface area contributed by atoms with Gasteiger partial charge in [-0.05, 0) is 48.5 Å². The van der Waals surface area contributed by atoms with Gasteiger partial charge in [-0.3, -0.25) is 0 Å². The number of ether oxygens (including phenoxy) is 2. The van der Waals surface area contributed by atoms with Gasteiger partial charge < -0.3 is 14.4 Å². The van der Waals surface area contributed by atoms with Crippen molar-refractivity contribution in [2.75, 3.05) is 18.0 Å². The SMILES string of the molecule is C[C@@H]1CN(c2ccnc(C(=O)OCc3nnnn3-c3ccccc3)c2)C[C@@H](C)O1. The number of anilines is 1. The molecule has 3 aromatic rings. The number of hydrogen-bond donors (Lipinski definition) is 0. The number of esters is 1. The second kappa shape index (κ2) is 8.36. The summed E-state index contributed by atoms with van der Waals surface area (Å²) in [4.78, 5) is 18.9. The molecule has 0 amide bonds. The van der Waals surface area contributed by atoms with E-state index in [1.165, 1.54) is 4.68 Å². The molecule has 1 saturated heterocycles. The molecule has 0 unspecified atom stereocenters. The summed E-state index contributed by atoms with van der Waals surface area (Å²) in [6.07, 6.45) is 1.86. The number of nitrogens with zero attached hydrogens (tertiary/aromatic N) is 6. The Morgan fingerprint density at radius 3 is 2.66 bits per heavy atom. The summed E-state index contributed by atoms with van der Waals surface area (Å²) in [5.74, 6) is -0.0969. The highest BCUT2D eigenvalue weighted by atomic mass is 16.5. The zero-order chi connectivity index (χ0) is 20.2. The maximum absolute atomic E-state index is 12.5. The van der Waals surface area contributed by atoms with E-state index in [-0.39, 0.29) is 24.5 Å². The van der Waals surface area contributed by atoms with Crippen LogP contribution in [0.3, 0.4) is 0 Å². The Balaban J connectivity index is 1.44. The molecule has 0 radical (unpaired) electrons. The van der Waals surface area contributed by atoms with Gasteiger partial charge in [-0.1, -0.05) is 18.2 Å². The van der Waals surface area contributed by atoms with Crippen molar-refractivity contribution in [3.8, 4) is 5.69 Å². The minimum atomic E-state index is -0.524. The molecule has 1 aliphatic rings. The van der Waals surface area contributed by atoms with Crippen molar-refractivity contribution < 1.29 is 14.3 Å². The maximum atomic E-state index is 12.5. The highest BCUT2D eigenvalue weighted by Crippen LogP contribution is 2.21. The Bertz CT molecular complexity index is 967. The summed E-state index contributed by atoms with van der Waals surface area (Å²) in [5, 5.41) is 11.6. The van der Waals surface area contributed by atoms with E-state index in [9.17, 15) is 4.79 Å². The molecule has 4 rings (SSSR count). The third-order valence-corrected chi connectivity index (χ3v) is 4.60. The number of hydrogen-bond acceptors (Lipinski definition) is 8. The molecular formula is C20H22N6O3. The standard InChI is InChI=1S/C20H22N6O3/c1-14-11-25(12-15(2)29-14)17-8-9-21-18(10-17)20(27)28-13-19-22-23-24-26(19)16-6-4-3-5-7-16/h3-10,14-15H,11-13H2,1-2H3/t14-,15-/m1/s1. The van der Waals surface area contributed by atoms with Gasteiger partial charge in [-0.2, -0.15) is 4.68 Å². The molecular weight excluding hydrogens is 372 g/mol. The Labute approximate surface area is 168 Å². The third-order valence-electron chi connectivity index (χ3n) is 4.60. The first-order valence-corrected chi connectivity index (χ1v) is 9.46. The summed E-state index contributed by atoms with van der Waals surface area (Å²) < 4.78 is 12.7. The van der Waals surface area contributed by atoms with E-state index < -0.39 is 5.97 Å². The van der Waals surface area contributed by atoms with Crippen molar-refractivity contribution in [1.29, 1.82) is 0 Å².